The fourth-order valence-corrected chi connectivity index (χ4v) is 8.02. The predicted octanol–water partition coefficient (Wildman–Crippen LogP) is 6.72. The Morgan fingerprint density at radius 2 is 1.71 bits per heavy atom. The van der Waals surface area contributed by atoms with Crippen LogP contribution in [0.15, 0.2) is 76.5 Å². The van der Waals surface area contributed by atoms with Crippen molar-refractivity contribution in [3.63, 3.8) is 0 Å². The third-order valence-electron chi connectivity index (χ3n) is 8.08. The quantitative estimate of drug-likeness (QED) is 0.150. The second-order valence-corrected chi connectivity index (χ2v) is 13.8. The Morgan fingerprint density at radius 1 is 1.04 bits per heavy atom. The van der Waals surface area contributed by atoms with Crippen LogP contribution in [0.4, 0.5) is 0 Å². The van der Waals surface area contributed by atoms with Gasteiger partial charge in [-0.2, -0.15) is 0 Å². The lowest BCUT2D eigenvalue weighted by Crippen LogP contribution is -2.29. The number of aromatic nitrogens is 1. The van der Waals surface area contributed by atoms with E-state index in [9.17, 15) is 8.42 Å². The molecule has 45 heavy (non-hydrogen) atoms. The van der Waals surface area contributed by atoms with Gasteiger partial charge in [0.25, 0.3) is 0 Å². The molecule has 0 saturated heterocycles. The van der Waals surface area contributed by atoms with E-state index in [1.165, 1.54) is 30.4 Å². The first-order valence-corrected chi connectivity index (χ1v) is 16.7. The molecule has 1 aliphatic carbocycles. The summed E-state index contributed by atoms with van der Waals surface area (Å²) in [5.41, 5.74) is 4.55. The van der Waals surface area contributed by atoms with Gasteiger partial charge in [0, 0.05) is 41.3 Å². The van der Waals surface area contributed by atoms with Crippen molar-refractivity contribution in [1.82, 2.24) is 9.47 Å². The molecule has 11 heteroatoms. The molecule has 0 saturated carbocycles. The summed E-state index contributed by atoms with van der Waals surface area (Å²) in [5.74, 6) is -2.96. The molecule has 4 aromatic rings. The van der Waals surface area contributed by atoms with Crippen LogP contribution in [0.1, 0.15) is 61.9 Å². The summed E-state index contributed by atoms with van der Waals surface area (Å²) < 4.78 is 35.7. The average Bonchev–Trinajstić information content (AvgIpc) is 3.31. The van der Waals surface area contributed by atoms with Gasteiger partial charge < -0.3 is 19.5 Å². The van der Waals surface area contributed by atoms with Gasteiger partial charge in [0.1, 0.15) is 10.6 Å². The number of aliphatic carboxylic acids is 2. The first-order valence-electron chi connectivity index (χ1n) is 14.8. The van der Waals surface area contributed by atoms with E-state index in [-0.39, 0.29) is 10.8 Å². The third-order valence-corrected chi connectivity index (χ3v) is 10.2. The molecule has 0 fully saturated rings. The minimum atomic E-state index is -3.77. The largest absolute Gasteiger partial charge is 0.494 e. The zero-order valence-electron chi connectivity index (χ0n) is 25.9. The summed E-state index contributed by atoms with van der Waals surface area (Å²) in [4.78, 5) is 21.2. The van der Waals surface area contributed by atoms with E-state index in [0.717, 1.165) is 24.2 Å². The molecule has 0 radical (unpaired) electrons. The van der Waals surface area contributed by atoms with E-state index in [2.05, 4.69) is 36.2 Å². The maximum absolute atomic E-state index is 13.9. The van der Waals surface area contributed by atoms with E-state index in [1.54, 1.807) is 36.4 Å². The lowest BCUT2D eigenvalue weighted by molar-refractivity contribution is -0.159. The molecule has 1 heterocycles. The monoisotopic (exact) mass is 654 g/mol. The highest BCUT2D eigenvalue weighted by molar-refractivity contribution is 7.91. The van der Waals surface area contributed by atoms with Crippen LogP contribution in [-0.4, -0.2) is 60.2 Å². The second kappa shape index (κ2) is 14.5. The molecule has 0 spiro atoms. The Hall–Kier alpha value is -3.86. The Balaban J connectivity index is 0.000000700. The molecule has 240 valence electrons. The van der Waals surface area contributed by atoms with Gasteiger partial charge in [0.15, 0.2) is 0 Å². The van der Waals surface area contributed by atoms with Crippen molar-refractivity contribution in [2.45, 2.75) is 61.3 Å². The van der Waals surface area contributed by atoms with Crippen molar-refractivity contribution in [3.05, 3.63) is 88.6 Å². The number of hydrogen-bond donors (Lipinski definition) is 2. The van der Waals surface area contributed by atoms with E-state index in [0.29, 0.717) is 33.7 Å². The highest BCUT2D eigenvalue weighted by Gasteiger charge is 2.29. The molecule has 3 aromatic carbocycles. The number of nitrogens with zero attached hydrogens (tertiary/aromatic N) is 2. The molecule has 1 unspecified atom stereocenters. The summed E-state index contributed by atoms with van der Waals surface area (Å²) in [7, 11) is 0.333. The number of aryl methyl sites for hydroxylation is 2. The number of rotatable bonds is 9. The third kappa shape index (κ3) is 7.69. The van der Waals surface area contributed by atoms with Crippen LogP contribution in [0, 0.1) is 0 Å². The number of carboxylic acids is 2. The van der Waals surface area contributed by atoms with Crippen molar-refractivity contribution in [1.29, 1.82) is 0 Å². The van der Waals surface area contributed by atoms with Crippen LogP contribution in [-0.2, 0) is 32.9 Å². The SMILES string of the molecule is CC(C)c1c(S(=O)(=O)c2ccc(OCCCN(C)C3CCCc4ccccc43)cc2)c2cc(Cl)ccc2n1C.O=C(O)C(=O)O. The normalized spacial score (nSPS) is 14.6. The topological polar surface area (TPSA) is 126 Å². The average molecular weight is 655 g/mol. The first-order chi connectivity index (χ1) is 21.3. The number of hydrogen-bond acceptors (Lipinski definition) is 6. The number of carboxylic acid groups (broad SMARTS) is 2. The maximum Gasteiger partial charge on any atom is 0.414 e. The van der Waals surface area contributed by atoms with Gasteiger partial charge in [0.05, 0.1) is 11.5 Å². The summed E-state index contributed by atoms with van der Waals surface area (Å²) in [6.07, 6.45) is 4.47. The molecule has 5 rings (SSSR count). The number of benzene rings is 3. The standard InChI is InChI=1S/C32H37ClN2O3S.C2H2O4/c1-22(2)31-32(28-21-24(33)13-18-30(28)35(31)4)39(36,37)26-16-14-25(15-17-26)38-20-8-19-34(3)29-12-7-10-23-9-5-6-11-27(23)29;3-1(4)2(5)6/h5-6,9,11,13-18,21-22,29H,7-8,10,12,19-20H2,1-4H3;(H,3,4)(H,5,6). The van der Waals surface area contributed by atoms with Gasteiger partial charge in [0.2, 0.25) is 9.84 Å². The van der Waals surface area contributed by atoms with Crippen molar-refractivity contribution < 1.29 is 33.0 Å². The molecule has 1 aliphatic rings. The minimum absolute atomic E-state index is 0.0220. The van der Waals surface area contributed by atoms with Crippen LogP contribution in [0.3, 0.4) is 0 Å². The van der Waals surface area contributed by atoms with E-state index < -0.39 is 21.8 Å². The Kier molecular flexibility index (Phi) is 11.0. The van der Waals surface area contributed by atoms with Gasteiger partial charge in [-0.25, -0.2) is 18.0 Å². The zero-order valence-corrected chi connectivity index (χ0v) is 27.4. The Morgan fingerprint density at radius 3 is 2.36 bits per heavy atom. The number of sulfone groups is 1. The molecule has 0 amide bonds. The van der Waals surface area contributed by atoms with Gasteiger partial charge in [-0.15, -0.1) is 0 Å². The Bertz CT molecular complexity index is 1770. The van der Waals surface area contributed by atoms with E-state index in [1.807, 2.05) is 31.5 Å². The van der Waals surface area contributed by atoms with Crippen molar-refractivity contribution in [2.24, 2.45) is 7.05 Å². The molecule has 1 atom stereocenters. The molecule has 1 aromatic heterocycles. The van der Waals surface area contributed by atoms with Crippen LogP contribution in [0.25, 0.3) is 10.9 Å². The fraction of sp³-hybridized carbons (Fsp3) is 0.353. The minimum Gasteiger partial charge on any atom is -0.494 e. The van der Waals surface area contributed by atoms with Crippen LogP contribution >= 0.6 is 11.6 Å². The van der Waals surface area contributed by atoms with Crippen molar-refractivity contribution >= 4 is 44.3 Å². The van der Waals surface area contributed by atoms with Gasteiger partial charge in [-0.3, -0.25) is 4.90 Å². The second-order valence-electron chi connectivity index (χ2n) is 11.5. The number of fused-ring (bicyclic) bond motifs is 2. The van der Waals surface area contributed by atoms with Gasteiger partial charge in [-0.05, 0) is 92.2 Å². The van der Waals surface area contributed by atoms with Gasteiger partial charge >= 0.3 is 11.9 Å². The molecule has 2 N–H and O–H groups in total. The zero-order chi connectivity index (χ0) is 32.9. The van der Waals surface area contributed by atoms with E-state index >= 15 is 0 Å². The predicted molar refractivity (Wildman–Crippen MR) is 174 cm³/mol. The smallest absolute Gasteiger partial charge is 0.414 e. The first kappa shape index (κ1) is 34.0. The number of halogens is 1. The van der Waals surface area contributed by atoms with Crippen LogP contribution < -0.4 is 4.74 Å². The summed E-state index contributed by atoms with van der Waals surface area (Å²) in [6, 6.07) is 21.4. The highest BCUT2D eigenvalue weighted by Crippen LogP contribution is 2.38. The highest BCUT2D eigenvalue weighted by atomic mass is 35.5. The van der Waals surface area contributed by atoms with Gasteiger partial charge in [-0.1, -0.05) is 49.7 Å². The molecular weight excluding hydrogens is 616 g/mol. The summed E-state index contributed by atoms with van der Waals surface area (Å²) in [6.45, 7) is 5.53. The molecular formula is C34H39ClN2O7S. The maximum atomic E-state index is 13.9. The fourth-order valence-electron chi connectivity index (χ4n) is 6.01. The Labute approximate surface area is 268 Å². The van der Waals surface area contributed by atoms with Crippen molar-refractivity contribution in [2.75, 3.05) is 20.2 Å². The summed E-state index contributed by atoms with van der Waals surface area (Å²) >= 11 is 6.27. The number of carbonyl (C=O) groups is 2. The molecule has 0 bridgehead atoms. The summed E-state index contributed by atoms with van der Waals surface area (Å²) in [5, 5.41) is 15.9. The molecule has 9 nitrogen and oxygen atoms in total. The molecule has 0 aliphatic heterocycles. The lowest BCUT2D eigenvalue weighted by Gasteiger charge is -2.33. The van der Waals surface area contributed by atoms with Crippen LogP contribution in [0.5, 0.6) is 5.75 Å². The van der Waals surface area contributed by atoms with Crippen molar-refractivity contribution in [3.8, 4) is 5.75 Å². The van der Waals surface area contributed by atoms with Crippen LogP contribution in [0.2, 0.25) is 5.02 Å². The van der Waals surface area contributed by atoms with E-state index in [4.69, 9.17) is 36.1 Å². The number of ether oxygens (including phenoxy) is 1. The lowest BCUT2D eigenvalue weighted by atomic mass is 9.87.